The molecular formula is C9H19N3O2. The molecule has 0 saturated heterocycles. The Morgan fingerprint density at radius 3 is 2.21 bits per heavy atom. The molecule has 3 amide bonds. The van der Waals surface area contributed by atoms with Crippen molar-refractivity contribution in [1.82, 2.24) is 10.2 Å². The van der Waals surface area contributed by atoms with Crippen molar-refractivity contribution < 1.29 is 9.59 Å². The molecule has 0 saturated carbocycles. The zero-order chi connectivity index (χ0) is 11.3. The lowest BCUT2D eigenvalue weighted by molar-refractivity contribution is -0.131. The van der Waals surface area contributed by atoms with Crippen molar-refractivity contribution in [3.05, 3.63) is 0 Å². The molecule has 0 aliphatic heterocycles. The van der Waals surface area contributed by atoms with Gasteiger partial charge in [-0.05, 0) is 5.92 Å². The minimum atomic E-state index is -0.662. The molecule has 0 radical (unpaired) electrons. The van der Waals surface area contributed by atoms with Crippen LogP contribution in [0, 0.1) is 5.92 Å². The van der Waals surface area contributed by atoms with Crippen LogP contribution in [-0.2, 0) is 4.79 Å². The summed E-state index contributed by atoms with van der Waals surface area (Å²) in [7, 11) is 3.31. The third kappa shape index (κ3) is 3.64. The Morgan fingerprint density at radius 2 is 1.93 bits per heavy atom. The topological polar surface area (TPSA) is 75.4 Å². The van der Waals surface area contributed by atoms with Crippen LogP contribution >= 0.6 is 0 Å². The van der Waals surface area contributed by atoms with Crippen LogP contribution < -0.4 is 11.1 Å². The fraction of sp³-hybridized carbons (Fsp3) is 0.778. The quantitative estimate of drug-likeness (QED) is 0.679. The highest BCUT2D eigenvalue weighted by Gasteiger charge is 2.26. The third-order valence-electron chi connectivity index (χ3n) is 2.22. The number of amides is 3. The number of urea groups is 1. The van der Waals surface area contributed by atoms with Crippen LogP contribution in [0.5, 0.6) is 0 Å². The fourth-order valence-corrected chi connectivity index (χ4v) is 1.11. The Balaban J connectivity index is 4.54. The smallest absolute Gasteiger partial charge is 0.312 e. The average Bonchev–Trinajstić information content (AvgIpc) is 2.11. The largest absolute Gasteiger partial charge is 0.352 e. The molecule has 0 aromatic carbocycles. The number of nitrogens with zero attached hydrogens (tertiary/aromatic N) is 1. The van der Waals surface area contributed by atoms with Gasteiger partial charge in [-0.1, -0.05) is 20.3 Å². The predicted molar refractivity (Wildman–Crippen MR) is 54.7 cm³/mol. The molecule has 0 aliphatic rings. The van der Waals surface area contributed by atoms with Gasteiger partial charge >= 0.3 is 6.03 Å². The molecule has 3 N–H and O–H groups in total. The first-order chi connectivity index (χ1) is 6.40. The zero-order valence-electron chi connectivity index (χ0n) is 9.20. The van der Waals surface area contributed by atoms with Crippen LogP contribution in [0.15, 0.2) is 0 Å². The lowest BCUT2D eigenvalue weighted by atomic mass is 9.98. The summed E-state index contributed by atoms with van der Waals surface area (Å²) in [5.41, 5.74) is 5.00. The number of nitrogens with two attached hydrogens (primary N) is 1. The maximum absolute atomic E-state index is 11.6. The highest BCUT2D eigenvalue weighted by atomic mass is 16.2. The van der Waals surface area contributed by atoms with Crippen molar-refractivity contribution in [1.29, 1.82) is 0 Å². The van der Waals surface area contributed by atoms with Crippen LogP contribution in [0.3, 0.4) is 0 Å². The first kappa shape index (κ1) is 12.7. The summed E-state index contributed by atoms with van der Waals surface area (Å²) in [5.74, 6) is -0.0458. The fourth-order valence-electron chi connectivity index (χ4n) is 1.11. The summed E-state index contributed by atoms with van der Waals surface area (Å²) >= 11 is 0. The average molecular weight is 201 g/mol. The lowest BCUT2D eigenvalue weighted by Crippen LogP contribution is -2.51. The van der Waals surface area contributed by atoms with Gasteiger partial charge in [-0.25, -0.2) is 4.79 Å². The number of hydrogen-bond acceptors (Lipinski definition) is 2. The molecule has 0 aromatic heterocycles. The summed E-state index contributed by atoms with van der Waals surface area (Å²) in [6.45, 7) is 3.87. The van der Waals surface area contributed by atoms with Crippen LogP contribution in [0.25, 0.3) is 0 Å². The summed E-state index contributed by atoms with van der Waals surface area (Å²) in [6, 6.07) is -1.18. The van der Waals surface area contributed by atoms with Crippen LogP contribution in [0.2, 0.25) is 0 Å². The van der Waals surface area contributed by atoms with Gasteiger partial charge in [0.1, 0.15) is 6.04 Å². The first-order valence-corrected chi connectivity index (χ1v) is 4.67. The SMILES string of the molecule is CCC(C)C(NC(N)=O)C(=O)N(C)C. The van der Waals surface area contributed by atoms with Gasteiger partial charge in [0.15, 0.2) is 0 Å². The Labute approximate surface area is 84.6 Å². The highest BCUT2D eigenvalue weighted by molar-refractivity contribution is 5.86. The normalized spacial score (nSPS) is 14.3. The molecule has 0 aromatic rings. The zero-order valence-corrected chi connectivity index (χ0v) is 9.20. The van der Waals surface area contributed by atoms with E-state index in [0.29, 0.717) is 0 Å². The third-order valence-corrected chi connectivity index (χ3v) is 2.22. The highest BCUT2D eigenvalue weighted by Crippen LogP contribution is 2.09. The second-order valence-electron chi connectivity index (χ2n) is 3.60. The van der Waals surface area contributed by atoms with Crippen LogP contribution in [0.1, 0.15) is 20.3 Å². The standard InChI is InChI=1S/C9H19N3O2/c1-5-6(2)7(11-9(10)14)8(13)12(3)4/h6-7H,5H2,1-4H3,(H3,10,11,14). The minimum absolute atomic E-state index is 0.0809. The van der Waals surface area contributed by atoms with E-state index >= 15 is 0 Å². The van der Waals surface area contributed by atoms with E-state index in [2.05, 4.69) is 5.32 Å². The molecule has 2 atom stereocenters. The number of hydrogen-bond donors (Lipinski definition) is 2. The number of primary amides is 1. The molecule has 2 unspecified atom stereocenters. The van der Waals surface area contributed by atoms with Gasteiger partial charge in [-0.2, -0.15) is 0 Å². The lowest BCUT2D eigenvalue weighted by Gasteiger charge is -2.25. The van der Waals surface area contributed by atoms with Crippen molar-refractivity contribution in [2.75, 3.05) is 14.1 Å². The van der Waals surface area contributed by atoms with Crippen LogP contribution in [0.4, 0.5) is 4.79 Å². The van der Waals surface area contributed by atoms with Crippen molar-refractivity contribution in [3.63, 3.8) is 0 Å². The van der Waals surface area contributed by atoms with Gasteiger partial charge in [0.25, 0.3) is 0 Å². The second kappa shape index (κ2) is 5.47. The number of carbonyl (C=O) groups is 2. The van der Waals surface area contributed by atoms with Gasteiger partial charge in [-0.3, -0.25) is 4.79 Å². The van der Waals surface area contributed by atoms with E-state index < -0.39 is 12.1 Å². The molecule has 0 spiro atoms. The molecule has 82 valence electrons. The molecule has 5 nitrogen and oxygen atoms in total. The summed E-state index contributed by atoms with van der Waals surface area (Å²) in [5, 5.41) is 2.46. The second-order valence-corrected chi connectivity index (χ2v) is 3.60. The van der Waals surface area contributed by atoms with Gasteiger partial charge in [-0.15, -0.1) is 0 Å². The summed E-state index contributed by atoms with van der Waals surface area (Å²) in [6.07, 6.45) is 0.810. The van der Waals surface area contributed by atoms with Gasteiger partial charge in [0.05, 0.1) is 0 Å². The van der Waals surface area contributed by atoms with E-state index in [1.807, 2.05) is 13.8 Å². The maximum atomic E-state index is 11.6. The Bertz CT molecular complexity index is 216. The number of rotatable bonds is 4. The molecular weight excluding hydrogens is 182 g/mol. The van der Waals surface area contributed by atoms with Crippen LogP contribution in [-0.4, -0.2) is 37.0 Å². The van der Waals surface area contributed by atoms with Crippen molar-refractivity contribution in [3.8, 4) is 0 Å². The first-order valence-electron chi connectivity index (χ1n) is 4.67. The van der Waals surface area contributed by atoms with E-state index in [1.165, 1.54) is 4.90 Å². The minimum Gasteiger partial charge on any atom is -0.352 e. The molecule has 0 rings (SSSR count). The number of likely N-dealkylation sites (N-methyl/N-ethyl adjacent to an activating group) is 1. The van der Waals surface area contributed by atoms with E-state index in [4.69, 9.17) is 5.73 Å². The van der Waals surface area contributed by atoms with Gasteiger partial charge in [0, 0.05) is 14.1 Å². The summed E-state index contributed by atoms with van der Waals surface area (Å²) in [4.78, 5) is 23.8. The summed E-state index contributed by atoms with van der Waals surface area (Å²) < 4.78 is 0. The molecule has 0 fully saturated rings. The Morgan fingerprint density at radius 1 is 1.43 bits per heavy atom. The van der Waals surface area contributed by atoms with E-state index in [9.17, 15) is 9.59 Å². The predicted octanol–water partition coefficient (Wildman–Crippen LogP) is 0.158. The van der Waals surface area contributed by atoms with E-state index in [1.54, 1.807) is 14.1 Å². The van der Waals surface area contributed by atoms with E-state index in [0.717, 1.165) is 6.42 Å². The Kier molecular flexibility index (Phi) is 4.97. The monoisotopic (exact) mass is 201 g/mol. The molecule has 0 bridgehead atoms. The number of carbonyl (C=O) groups excluding carboxylic acids is 2. The molecule has 14 heavy (non-hydrogen) atoms. The van der Waals surface area contributed by atoms with Crippen molar-refractivity contribution in [2.45, 2.75) is 26.3 Å². The molecule has 0 heterocycles. The number of nitrogens with one attached hydrogen (secondary N) is 1. The van der Waals surface area contributed by atoms with Gasteiger partial charge in [0.2, 0.25) is 5.91 Å². The molecule has 5 heteroatoms. The maximum Gasteiger partial charge on any atom is 0.312 e. The van der Waals surface area contributed by atoms with Crippen molar-refractivity contribution in [2.24, 2.45) is 11.7 Å². The molecule has 0 aliphatic carbocycles. The van der Waals surface area contributed by atoms with Gasteiger partial charge < -0.3 is 16.0 Å². The Hall–Kier alpha value is -1.26. The van der Waals surface area contributed by atoms with Crippen molar-refractivity contribution >= 4 is 11.9 Å². The van der Waals surface area contributed by atoms with E-state index in [-0.39, 0.29) is 11.8 Å².